The number of benzene rings is 2. The zero-order valence-electron chi connectivity index (χ0n) is 13.3. The van der Waals surface area contributed by atoms with E-state index in [2.05, 4.69) is 10.2 Å². The molecule has 6 heteroatoms. The Bertz CT molecular complexity index is 757. The van der Waals surface area contributed by atoms with Crippen LogP contribution in [-0.4, -0.2) is 34.6 Å². The maximum Gasteiger partial charge on any atom is 0.247 e. The Balaban J connectivity index is 1.46. The molecule has 3 rings (SSSR count). The predicted molar refractivity (Wildman–Crippen MR) is 87.9 cm³/mol. The average molecular weight is 326 g/mol. The largest absolute Gasteiger partial charge is 0.491 e. The topological polar surface area (TPSA) is 77.6 Å². The van der Waals surface area contributed by atoms with Crippen LogP contribution in [0, 0.1) is 6.92 Å². The van der Waals surface area contributed by atoms with Gasteiger partial charge in [-0.1, -0.05) is 12.1 Å². The molecule has 3 aromatic rings. The fraction of sp³-hybridized carbons (Fsp3) is 0.222. The Labute approximate surface area is 139 Å². The third-order valence-corrected chi connectivity index (χ3v) is 3.34. The van der Waals surface area contributed by atoms with Crippen LogP contribution in [0.15, 0.2) is 59.3 Å². The molecule has 0 saturated heterocycles. The summed E-state index contributed by atoms with van der Waals surface area (Å²) in [6, 6.07) is 14.9. The lowest BCUT2D eigenvalue weighted by Gasteiger charge is -2.14. The molecule has 0 amide bonds. The molecule has 0 aliphatic rings. The lowest BCUT2D eigenvalue weighted by molar-refractivity contribution is 0.0626. The van der Waals surface area contributed by atoms with Crippen molar-refractivity contribution in [2.24, 2.45) is 0 Å². The van der Waals surface area contributed by atoms with Gasteiger partial charge in [-0.15, -0.1) is 10.2 Å². The third-order valence-electron chi connectivity index (χ3n) is 3.34. The number of hydrogen-bond donors (Lipinski definition) is 1. The maximum atomic E-state index is 9.96. The van der Waals surface area contributed by atoms with Crippen molar-refractivity contribution in [3.63, 3.8) is 0 Å². The van der Waals surface area contributed by atoms with Crippen LogP contribution in [0.25, 0.3) is 11.5 Å². The molecular weight excluding hydrogens is 308 g/mol. The van der Waals surface area contributed by atoms with Crippen LogP contribution < -0.4 is 9.47 Å². The Morgan fingerprint density at radius 2 is 1.79 bits per heavy atom. The monoisotopic (exact) mass is 326 g/mol. The Kier molecular flexibility index (Phi) is 5.08. The summed E-state index contributed by atoms with van der Waals surface area (Å²) in [7, 11) is 0. The summed E-state index contributed by atoms with van der Waals surface area (Å²) < 4.78 is 16.2. The molecule has 0 fully saturated rings. The van der Waals surface area contributed by atoms with Crippen molar-refractivity contribution in [1.82, 2.24) is 10.2 Å². The molecule has 124 valence electrons. The average Bonchev–Trinajstić information content (AvgIpc) is 3.13. The van der Waals surface area contributed by atoms with E-state index in [1.165, 1.54) is 6.39 Å². The zero-order chi connectivity index (χ0) is 16.8. The van der Waals surface area contributed by atoms with E-state index in [0.29, 0.717) is 11.6 Å². The van der Waals surface area contributed by atoms with E-state index in [1.54, 1.807) is 12.1 Å². The third kappa shape index (κ3) is 4.33. The van der Waals surface area contributed by atoms with Gasteiger partial charge < -0.3 is 19.0 Å². The molecule has 1 atom stereocenters. The highest BCUT2D eigenvalue weighted by Gasteiger charge is 2.08. The van der Waals surface area contributed by atoms with Gasteiger partial charge in [-0.25, -0.2) is 0 Å². The van der Waals surface area contributed by atoms with E-state index in [1.807, 2.05) is 43.3 Å². The van der Waals surface area contributed by atoms with Crippen molar-refractivity contribution in [1.29, 1.82) is 0 Å². The molecule has 1 N–H and O–H groups in total. The fourth-order valence-electron chi connectivity index (χ4n) is 2.13. The van der Waals surface area contributed by atoms with Crippen LogP contribution in [-0.2, 0) is 0 Å². The Morgan fingerprint density at radius 1 is 1.04 bits per heavy atom. The van der Waals surface area contributed by atoms with Crippen LogP contribution in [0.4, 0.5) is 0 Å². The summed E-state index contributed by atoms with van der Waals surface area (Å²) >= 11 is 0. The summed E-state index contributed by atoms with van der Waals surface area (Å²) in [5.41, 5.74) is 1.92. The van der Waals surface area contributed by atoms with Gasteiger partial charge in [-0.2, -0.15) is 0 Å². The maximum absolute atomic E-state index is 9.96. The van der Waals surface area contributed by atoms with Gasteiger partial charge >= 0.3 is 0 Å². The van der Waals surface area contributed by atoms with Crippen LogP contribution in [0.5, 0.6) is 11.5 Å². The second kappa shape index (κ2) is 7.61. The molecule has 0 aliphatic heterocycles. The summed E-state index contributed by atoms with van der Waals surface area (Å²) in [6.07, 6.45) is 0.561. The van der Waals surface area contributed by atoms with Gasteiger partial charge in [0.2, 0.25) is 12.3 Å². The smallest absolute Gasteiger partial charge is 0.247 e. The van der Waals surface area contributed by atoms with Crippen LogP contribution in [0.1, 0.15) is 5.56 Å². The van der Waals surface area contributed by atoms with Crippen molar-refractivity contribution >= 4 is 0 Å². The lowest BCUT2D eigenvalue weighted by Crippen LogP contribution is -2.25. The molecule has 1 unspecified atom stereocenters. The normalized spacial score (nSPS) is 11.9. The minimum absolute atomic E-state index is 0.145. The first-order valence-corrected chi connectivity index (χ1v) is 7.57. The highest BCUT2D eigenvalue weighted by Crippen LogP contribution is 2.20. The molecule has 0 spiro atoms. The summed E-state index contributed by atoms with van der Waals surface area (Å²) in [5, 5.41) is 17.4. The quantitative estimate of drug-likeness (QED) is 0.719. The van der Waals surface area contributed by atoms with Gasteiger partial charge in [0.05, 0.1) is 0 Å². The second-order valence-corrected chi connectivity index (χ2v) is 5.36. The molecule has 0 bridgehead atoms. The first-order valence-electron chi connectivity index (χ1n) is 7.57. The van der Waals surface area contributed by atoms with Crippen LogP contribution in [0.2, 0.25) is 0 Å². The van der Waals surface area contributed by atoms with E-state index >= 15 is 0 Å². The molecule has 24 heavy (non-hydrogen) atoms. The van der Waals surface area contributed by atoms with Crippen LogP contribution in [0.3, 0.4) is 0 Å². The molecule has 1 aromatic heterocycles. The van der Waals surface area contributed by atoms with Crippen LogP contribution >= 0.6 is 0 Å². The van der Waals surface area contributed by atoms with E-state index in [9.17, 15) is 5.11 Å². The highest BCUT2D eigenvalue weighted by atomic mass is 16.5. The molecule has 6 nitrogen and oxygen atoms in total. The zero-order valence-corrected chi connectivity index (χ0v) is 13.3. The number of aliphatic hydroxyl groups is 1. The predicted octanol–water partition coefficient (Wildman–Crippen LogP) is 2.86. The number of hydrogen-bond acceptors (Lipinski definition) is 6. The van der Waals surface area contributed by atoms with Gasteiger partial charge in [0.15, 0.2) is 0 Å². The van der Waals surface area contributed by atoms with E-state index < -0.39 is 6.10 Å². The summed E-state index contributed by atoms with van der Waals surface area (Å²) in [6.45, 7) is 2.31. The highest BCUT2D eigenvalue weighted by molar-refractivity contribution is 5.53. The molecule has 0 saturated carbocycles. The lowest BCUT2D eigenvalue weighted by atomic mass is 10.2. The fourth-order valence-corrected chi connectivity index (χ4v) is 2.13. The van der Waals surface area contributed by atoms with Crippen molar-refractivity contribution in [2.75, 3.05) is 13.2 Å². The minimum Gasteiger partial charge on any atom is -0.491 e. The molecule has 2 aromatic carbocycles. The van der Waals surface area contributed by atoms with Crippen molar-refractivity contribution in [2.45, 2.75) is 13.0 Å². The first kappa shape index (κ1) is 16.0. The van der Waals surface area contributed by atoms with E-state index in [0.717, 1.165) is 16.9 Å². The second-order valence-electron chi connectivity index (χ2n) is 5.36. The standard InChI is InChI=1S/C18H18N2O4/c1-13-3-2-4-17(9-13)23-11-15(21)10-22-16-7-5-14(6-8-16)18-20-19-12-24-18/h2-9,12,15,21H,10-11H2,1H3. The molecule has 0 radical (unpaired) electrons. The van der Waals surface area contributed by atoms with Gasteiger partial charge in [0, 0.05) is 5.56 Å². The van der Waals surface area contributed by atoms with Gasteiger partial charge in [0.1, 0.15) is 30.8 Å². The van der Waals surface area contributed by atoms with Crippen molar-refractivity contribution in [3.8, 4) is 23.0 Å². The van der Waals surface area contributed by atoms with E-state index in [-0.39, 0.29) is 13.2 Å². The number of aromatic nitrogens is 2. The van der Waals surface area contributed by atoms with Crippen molar-refractivity contribution < 1.29 is 19.0 Å². The first-order chi connectivity index (χ1) is 11.7. The number of aliphatic hydroxyl groups excluding tert-OH is 1. The number of ether oxygens (including phenoxy) is 2. The number of aryl methyl sites for hydroxylation is 1. The number of nitrogens with zero attached hydrogens (tertiary/aromatic N) is 2. The summed E-state index contributed by atoms with van der Waals surface area (Å²) in [4.78, 5) is 0. The van der Waals surface area contributed by atoms with E-state index in [4.69, 9.17) is 13.9 Å². The molecule has 0 aliphatic carbocycles. The molecular formula is C18H18N2O4. The summed E-state index contributed by atoms with van der Waals surface area (Å²) in [5.74, 6) is 1.83. The van der Waals surface area contributed by atoms with Crippen molar-refractivity contribution in [3.05, 3.63) is 60.5 Å². The Morgan fingerprint density at radius 3 is 2.46 bits per heavy atom. The molecule has 1 heterocycles. The van der Waals surface area contributed by atoms with Gasteiger partial charge in [-0.3, -0.25) is 0 Å². The van der Waals surface area contributed by atoms with Gasteiger partial charge in [0.25, 0.3) is 0 Å². The number of rotatable bonds is 7. The van der Waals surface area contributed by atoms with Gasteiger partial charge in [-0.05, 0) is 48.9 Å². The SMILES string of the molecule is Cc1cccc(OCC(O)COc2ccc(-c3nnco3)cc2)c1. The Hall–Kier alpha value is -2.86. The minimum atomic E-state index is -0.721.